The highest BCUT2D eigenvalue weighted by Crippen LogP contribution is 2.32. The van der Waals surface area contributed by atoms with Gasteiger partial charge in [0.05, 0.1) is 10.6 Å². The van der Waals surface area contributed by atoms with Gasteiger partial charge >= 0.3 is 5.69 Å². The van der Waals surface area contributed by atoms with Crippen molar-refractivity contribution in [2.75, 3.05) is 10.7 Å². The molecule has 0 saturated heterocycles. The zero-order valence-electron chi connectivity index (χ0n) is 9.50. The number of para-hydroxylation sites is 1. The molecule has 0 amide bonds. The second kappa shape index (κ2) is 5.59. The second-order valence-corrected chi connectivity index (χ2v) is 4.28. The number of hydrogen-bond acceptors (Lipinski definition) is 7. The summed E-state index contributed by atoms with van der Waals surface area (Å²) >= 11 is 3.33. The molecule has 0 saturated carbocycles. The van der Waals surface area contributed by atoms with Gasteiger partial charge in [0, 0.05) is 4.47 Å². The van der Waals surface area contributed by atoms with Gasteiger partial charge in [-0.1, -0.05) is 12.1 Å². The molecule has 0 radical (unpaired) electrons. The highest BCUT2D eigenvalue weighted by molar-refractivity contribution is 9.10. The molecular formula is C10H9BrN6O2. The summed E-state index contributed by atoms with van der Waals surface area (Å²) in [5.74, 6) is 5.19. The monoisotopic (exact) mass is 324 g/mol. The van der Waals surface area contributed by atoms with Crippen molar-refractivity contribution < 1.29 is 4.92 Å². The maximum Gasteiger partial charge on any atom is 0.354 e. The molecule has 9 heteroatoms. The number of halogens is 1. The number of nitro groups is 1. The lowest BCUT2D eigenvalue weighted by atomic mass is 10.3. The quantitative estimate of drug-likeness (QED) is 0.448. The molecule has 2 aromatic rings. The molecule has 8 nitrogen and oxygen atoms in total. The molecule has 1 aromatic carbocycles. The fourth-order valence-electron chi connectivity index (χ4n) is 1.44. The maximum absolute atomic E-state index is 11.1. The first-order valence-electron chi connectivity index (χ1n) is 5.11. The van der Waals surface area contributed by atoms with Gasteiger partial charge in [-0.2, -0.15) is 0 Å². The van der Waals surface area contributed by atoms with Crippen LogP contribution in [0.4, 0.5) is 23.0 Å². The SMILES string of the molecule is NNc1ncnc(Nc2ccccc2Br)c1[N+](=O)[O-]. The van der Waals surface area contributed by atoms with Gasteiger partial charge in [0.1, 0.15) is 6.33 Å². The minimum absolute atomic E-state index is 0.0554. The Morgan fingerprint density at radius 3 is 2.58 bits per heavy atom. The Kier molecular flexibility index (Phi) is 3.88. The molecule has 0 aliphatic heterocycles. The topological polar surface area (TPSA) is 119 Å². The number of rotatable bonds is 4. The number of nitrogens with two attached hydrogens (primary N) is 1. The minimum Gasteiger partial charge on any atom is -0.333 e. The molecule has 4 N–H and O–H groups in total. The predicted octanol–water partition coefficient (Wildman–Crippen LogP) is 2.18. The second-order valence-electron chi connectivity index (χ2n) is 3.43. The van der Waals surface area contributed by atoms with E-state index in [-0.39, 0.29) is 17.3 Å². The van der Waals surface area contributed by atoms with E-state index >= 15 is 0 Å². The number of hydrogen-bond donors (Lipinski definition) is 3. The number of nitrogens with one attached hydrogen (secondary N) is 2. The Hall–Kier alpha value is -2.26. The largest absolute Gasteiger partial charge is 0.354 e. The normalized spacial score (nSPS) is 10.0. The summed E-state index contributed by atoms with van der Waals surface area (Å²) in [6, 6.07) is 7.18. The first-order valence-corrected chi connectivity index (χ1v) is 5.90. The van der Waals surface area contributed by atoms with Crippen molar-refractivity contribution in [3.05, 3.63) is 45.2 Å². The average molecular weight is 325 g/mol. The summed E-state index contributed by atoms with van der Waals surface area (Å²) in [6.45, 7) is 0. The van der Waals surface area contributed by atoms with Crippen LogP contribution in [0.3, 0.4) is 0 Å². The van der Waals surface area contributed by atoms with Crippen LogP contribution >= 0.6 is 15.9 Å². The lowest BCUT2D eigenvalue weighted by molar-refractivity contribution is -0.383. The van der Waals surface area contributed by atoms with Crippen LogP contribution in [-0.2, 0) is 0 Å². The lowest BCUT2D eigenvalue weighted by Crippen LogP contribution is -2.12. The van der Waals surface area contributed by atoms with Crippen molar-refractivity contribution in [1.29, 1.82) is 0 Å². The minimum atomic E-state index is -0.603. The van der Waals surface area contributed by atoms with Gasteiger partial charge in [-0.3, -0.25) is 10.1 Å². The van der Waals surface area contributed by atoms with Crippen LogP contribution in [0.15, 0.2) is 35.1 Å². The van der Waals surface area contributed by atoms with Gasteiger partial charge in [0.15, 0.2) is 0 Å². The van der Waals surface area contributed by atoms with E-state index < -0.39 is 4.92 Å². The van der Waals surface area contributed by atoms with Crippen LogP contribution < -0.4 is 16.6 Å². The van der Waals surface area contributed by atoms with E-state index in [1.165, 1.54) is 6.33 Å². The molecule has 0 atom stereocenters. The Morgan fingerprint density at radius 2 is 1.95 bits per heavy atom. The van der Waals surface area contributed by atoms with Crippen LogP contribution in [0.2, 0.25) is 0 Å². The summed E-state index contributed by atoms with van der Waals surface area (Å²) < 4.78 is 0.755. The van der Waals surface area contributed by atoms with E-state index in [0.29, 0.717) is 5.69 Å². The van der Waals surface area contributed by atoms with Gasteiger partial charge in [-0.15, -0.1) is 0 Å². The summed E-state index contributed by atoms with van der Waals surface area (Å²) in [5.41, 5.74) is 2.50. The molecule has 0 unspecified atom stereocenters. The predicted molar refractivity (Wildman–Crippen MR) is 73.9 cm³/mol. The number of hydrazine groups is 1. The van der Waals surface area contributed by atoms with Gasteiger partial charge in [0.2, 0.25) is 11.6 Å². The van der Waals surface area contributed by atoms with Gasteiger partial charge in [0.25, 0.3) is 0 Å². The summed E-state index contributed by atoms with van der Waals surface area (Å²) in [7, 11) is 0. The van der Waals surface area contributed by atoms with Gasteiger partial charge < -0.3 is 10.7 Å². The zero-order chi connectivity index (χ0) is 13.8. The molecule has 0 spiro atoms. The van der Waals surface area contributed by atoms with Crippen molar-refractivity contribution in [2.24, 2.45) is 5.84 Å². The molecule has 19 heavy (non-hydrogen) atoms. The highest BCUT2D eigenvalue weighted by Gasteiger charge is 2.22. The number of nitrogens with zero attached hydrogens (tertiary/aromatic N) is 3. The molecule has 1 aromatic heterocycles. The fraction of sp³-hybridized carbons (Fsp3) is 0. The highest BCUT2D eigenvalue weighted by atomic mass is 79.9. The molecule has 2 rings (SSSR count). The van der Waals surface area contributed by atoms with E-state index in [2.05, 4.69) is 36.6 Å². The molecule has 1 heterocycles. The Labute approximate surface area is 116 Å². The molecule has 0 fully saturated rings. The van der Waals surface area contributed by atoms with E-state index in [4.69, 9.17) is 5.84 Å². The Bertz CT molecular complexity index is 621. The van der Waals surface area contributed by atoms with Crippen LogP contribution in [0.25, 0.3) is 0 Å². The van der Waals surface area contributed by atoms with E-state index in [9.17, 15) is 10.1 Å². The summed E-state index contributed by atoms with van der Waals surface area (Å²) in [6.07, 6.45) is 1.18. The summed E-state index contributed by atoms with van der Waals surface area (Å²) in [5, 5.41) is 13.9. The van der Waals surface area contributed by atoms with Crippen molar-refractivity contribution >= 4 is 38.9 Å². The number of nitrogen functional groups attached to an aromatic ring is 1. The lowest BCUT2D eigenvalue weighted by Gasteiger charge is -2.09. The third kappa shape index (κ3) is 2.77. The third-order valence-corrected chi connectivity index (χ3v) is 2.96. The fourth-order valence-corrected chi connectivity index (χ4v) is 1.82. The van der Waals surface area contributed by atoms with Crippen molar-refractivity contribution in [3.8, 4) is 0 Å². The van der Waals surface area contributed by atoms with Crippen LogP contribution in [0, 0.1) is 10.1 Å². The molecule has 98 valence electrons. The smallest absolute Gasteiger partial charge is 0.333 e. The molecular weight excluding hydrogens is 316 g/mol. The van der Waals surface area contributed by atoms with E-state index in [1.807, 2.05) is 6.07 Å². The first kappa shape index (κ1) is 13.2. The van der Waals surface area contributed by atoms with Crippen molar-refractivity contribution in [2.45, 2.75) is 0 Å². The standard InChI is InChI=1S/C10H9BrN6O2/c11-6-3-1-2-4-7(6)15-9-8(17(18)19)10(16-12)14-5-13-9/h1-5H,12H2,(H2,13,14,15,16). The first-order chi connectivity index (χ1) is 9.13. The van der Waals surface area contributed by atoms with Crippen LogP contribution in [-0.4, -0.2) is 14.9 Å². The van der Waals surface area contributed by atoms with Gasteiger partial charge in [-0.05, 0) is 28.1 Å². The maximum atomic E-state index is 11.1. The molecule has 0 aliphatic rings. The van der Waals surface area contributed by atoms with Crippen molar-refractivity contribution in [1.82, 2.24) is 9.97 Å². The van der Waals surface area contributed by atoms with Crippen LogP contribution in [0.1, 0.15) is 0 Å². The van der Waals surface area contributed by atoms with Crippen molar-refractivity contribution in [3.63, 3.8) is 0 Å². The zero-order valence-corrected chi connectivity index (χ0v) is 11.1. The average Bonchev–Trinajstić information content (AvgIpc) is 2.40. The van der Waals surface area contributed by atoms with Crippen LogP contribution in [0.5, 0.6) is 0 Å². The molecule has 0 bridgehead atoms. The van der Waals surface area contributed by atoms with Gasteiger partial charge in [-0.25, -0.2) is 15.8 Å². The van der Waals surface area contributed by atoms with E-state index in [0.717, 1.165) is 4.47 Å². The Balaban J connectivity index is 2.46. The van der Waals surface area contributed by atoms with E-state index in [1.54, 1.807) is 18.2 Å². The number of benzene rings is 1. The molecule has 0 aliphatic carbocycles. The summed E-state index contributed by atoms with van der Waals surface area (Å²) in [4.78, 5) is 18.0. The third-order valence-electron chi connectivity index (χ3n) is 2.27. The number of aromatic nitrogens is 2. The number of anilines is 3. The Morgan fingerprint density at radius 1 is 1.26 bits per heavy atom.